The van der Waals surface area contributed by atoms with Crippen molar-refractivity contribution in [3.63, 3.8) is 0 Å². The number of hydrogen-bond donors (Lipinski definition) is 2. The van der Waals surface area contributed by atoms with E-state index in [0.29, 0.717) is 29.5 Å². The standard InChI is InChI=1S/C22H27N3O2/c1-3-4-11-25-12-7-8-17(25)15-24-22(26)20-13-16(14-23)18-9-5-6-10-19(18)21(20)27-2/h5-6,9-10,13,17H,3-4,7-8,11-12,15H2,1-2H3,(H,24,26)/p+1/t17-/m1/s1. The lowest BCUT2D eigenvalue weighted by atomic mass is 9.99. The highest BCUT2D eigenvalue weighted by molar-refractivity contribution is 6.05. The van der Waals surface area contributed by atoms with Gasteiger partial charge in [-0.15, -0.1) is 0 Å². The maximum atomic E-state index is 12.9. The first-order valence-electron chi connectivity index (χ1n) is 9.82. The third-order valence-electron chi connectivity index (χ3n) is 5.55. The van der Waals surface area contributed by atoms with Crippen LogP contribution in [0.4, 0.5) is 0 Å². The quantitative estimate of drug-likeness (QED) is 0.790. The fourth-order valence-electron chi connectivity index (χ4n) is 4.10. The number of nitrogens with zero attached hydrogens (tertiary/aromatic N) is 1. The molecule has 5 nitrogen and oxygen atoms in total. The molecule has 1 aliphatic heterocycles. The van der Waals surface area contributed by atoms with E-state index in [1.165, 1.54) is 32.4 Å². The van der Waals surface area contributed by atoms with Gasteiger partial charge in [0.05, 0.1) is 43.9 Å². The molecule has 0 bridgehead atoms. The monoisotopic (exact) mass is 366 g/mol. The van der Waals surface area contributed by atoms with Crippen molar-refractivity contribution in [2.75, 3.05) is 26.7 Å². The summed E-state index contributed by atoms with van der Waals surface area (Å²) in [6.07, 6.45) is 4.80. The summed E-state index contributed by atoms with van der Waals surface area (Å²) in [4.78, 5) is 14.5. The second-order valence-corrected chi connectivity index (χ2v) is 7.22. The fourth-order valence-corrected chi connectivity index (χ4v) is 4.10. The number of methoxy groups -OCH3 is 1. The summed E-state index contributed by atoms with van der Waals surface area (Å²) in [5.74, 6) is 0.361. The van der Waals surface area contributed by atoms with Gasteiger partial charge in [0.15, 0.2) is 0 Å². The molecule has 2 aromatic rings. The van der Waals surface area contributed by atoms with Crippen LogP contribution in [0.5, 0.6) is 5.75 Å². The van der Waals surface area contributed by atoms with Crippen molar-refractivity contribution in [1.82, 2.24) is 5.32 Å². The number of benzene rings is 2. The summed E-state index contributed by atoms with van der Waals surface area (Å²) < 4.78 is 5.55. The molecular formula is C22H28N3O2+. The minimum Gasteiger partial charge on any atom is -0.495 e. The number of hydrogen-bond acceptors (Lipinski definition) is 3. The summed E-state index contributed by atoms with van der Waals surface area (Å²) in [6, 6.07) is 11.9. The van der Waals surface area contributed by atoms with Crippen molar-refractivity contribution in [3.05, 3.63) is 41.5 Å². The zero-order valence-corrected chi connectivity index (χ0v) is 16.2. The molecule has 1 saturated heterocycles. The third kappa shape index (κ3) is 4.06. The Labute approximate surface area is 160 Å². The van der Waals surface area contributed by atoms with Crippen LogP contribution in [0.15, 0.2) is 30.3 Å². The van der Waals surface area contributed by atoms with E-state index in [0.717, 1.165) is 17.2 Å². The molecule has 142 valence electrons. The zero-order chi connectivity index (χ0) is 19.2. The van der Waals surface area contributed by atoms with Gasteiger partial charge in [0.25, 0.3) is 5.91 Å². The van der Waals surface area contributed by atoms with Gasteiger partial charge in [-0.1, -0.05) is 37.6 Å². The average molecular weight is 366 g/mol. The van der Waals surface area contributed by atoms with E-state index < -0.39 is 0 Å². The highest BCUT2D eigenvalue weighted by Crippen LogP contribution is 2.32. The Hall–Kier alpha value is -2.58. The molecular weight excluding hydrogens is 338 g/mol. The second-order valence-electron chi connectivity index (χ2n) is 7.22. The molecule has 1 aliphatic rings. The topological polar surface area (TPSA) is 66.6 Å². The van der Waals surface area contributed by atoms with Crippen molar-refractivity contribution in [3.8, 4) is 11.8 Å². The Morgan fingerprint density at radius 2 is 2.15 bits per heavy atom. The molecule has 5 heteroatoms. The number of likely N-dealkylation sites (tertiary alicyclic amines) is 1. The van der Waals surface area contributed by atoms with Crippen molar-refractivity contribution in [1.29, 1.82) is 5.26 Å². The van der Waals surface area contributed by atoms with Gasteiger partial charge in [-0.2, -0.15) is 5.26 Å². The molecule has 0 saturated carbocycles. The van der Waals surface area contributed by atoms with E-state index in [2.05, 4.69) is 18.3 Å². The maximum absolute atomic E-state index is 12.9. The van der Waals surface area contributed by atoms with Gasteiger partial charge in [-0.25, -0.2) is 0 Å². The van der Waals surface area contributed by atoms with Crippen molar-refractivity contribution >= 4 is 16.7 Å². The van der Waals surface area contributed by atoms with Crippen LogP contribution in [0.25, 0.3) is 10.8 Å². The van der Waals surface area contributed by atoms with E-state index >= 15 is 0 Å². The number of ether oxygens (including phenoxy) is 1. The Kier molecular flexibility index (Phi) is 6.31. The Morgan fingerprint density at radius 1 is 1.37 bits per heavy atom. The lowest BCUT2D eigenvalue weighted by Gasteiger charge is -2.22. The van der Waals surface area contributed by atoms with Crippen LogP contribution in [0.2, 0.25) is 0 Å². The van der Waals surface area contributed by atoms with Crippen molar-refractivity contribution in [2.45, 2.75) is 38.6 Å². The van der Waals surface area contributed by atoms with Gasteiger partial charge in [0, 0.05) is 23.6 Å². The molecule has 2 aromatic carbocycles. The van der Waals surface area contributed by atoms with Gasteiger partial charge in [-0.3, -0.25) is 4.79 Å². The number of fused-ring (bicyclic) bond motifs is 1. The van der Waals surface area contributed by atoms with Crippen LogP contribution >= 0.6 is 0 Å². The van der Waals surface area contributed by atoms with E-state index in [4.69, 9.17) is 4.74 Å². The molecule has 0 radical (unpaired) electrons. The smallest absolute Gasteiger partial charge is 0.255 e. The molecule has 0 aromatic heterocycles. The fraction of sp³-hybridized carbons (Fsp3) is 0.455. The number of nitriles is 1. The van der Waals surface area contributed by atoms with Crippen molar-refractivity contribution in [2.24, 2.45) is 0 Å². The normalized spacial score (nSPS) is 19.0. The lowest BCUT2D eigenvalue weighted by molar-refractivity contribution is -0.911. The number of rotatable bonds is 7. The summed E-state index contributed by atoms with van der Waals surface area (Å²) >= 11 is 0. The molecule has 1 unspecified atom stereocenters. The predicted molar refractivity (Wildman–Crippen MR) is 106 cm³/mol. The number of carbonyl (C=O) groups is 1. The molecule has 1 amide bonds. The van der Waals surface area contributed by atoms with Gasteiger partial charge < -0.3 is 15.0 Å². The number of unbranched alkanes of at least 4 members (excludes halogenated alkanes) is 1. The lowest BCUT2D eigenvalue weighted by Crippen LogP contribution is -3.14. The summed E-state index contributed by atoms with van der Waals surface area (Å²) in [5, 5.41) is 14.2. The molecule has 2 N–H and O–H groups in total. The van der Waals surface area contributed by atoms with Crippen LogP contribution in [-0.4, -0.2) is 38.7 Å². The second kappa shape index (κ2) is 8.88. The minimum absolute atomic E-state index is 0.171. The first-order chi connectivity index (χ1) is 13.2. The molecule has 27 heavy (non-hydrogen) atoms. The highest BCUT2D eigenvalue weighted by Gasteiger charge is 2.28. The van der Waals surface area contributed by atoms with Gasteiger partial charge in [0.1, 0.15) is 11.8 Å². The molecule has 3 rings (SSSR count). The van der Waals surface area contributed by atoms with Gasteiger partial charge in [-0.05, 0) is 12.5 Å². The maximum Gasteiger partial charge on any atom is 0.255 e. The molecule has 1 fully saturated rings. The Balaban J connectivity index is 1.80. The first-order valence-corrected chi connectivity index (χ1v) is 9.82. The predicted octanol–water partition coefficient (Wildman–Crippen LogP) is 2.30. The van der Waals surface area contributed by atoms with Gasteiger partial charge in [0.2, 0.25) is 0 Å². The Bertz CT molecular complexity index is 856. The minimum atomic E-state index is -0.171. The van der Waals surface area contributed by atoms with Crippen LogP contribution < -0.4 is 15.0 Å². The van der Waals surface area contributed by atoms with E-state index in [1.807, 2.05) is 24.3 Å². The first kappa shape index (κ1) is 19.2. The Morgan fingerprint density at radius 3 is 2.85 bits per heavy atom. The SMILES string of the molecule is CCCC[NH+]1CCC[C@@H]1CNC(=O)c1cc(C#N)c2ccccc2c1OC. The third-order valence-corrected chi connectivity index (χ3v) is 5.55. The van der Waals surface area contributed by atoms with Crippen LogP contribution in [-0.2, 0) is 0 Å². The molecule has 0 aliphatic carbocycles. The van der Waals surface area contributed by atoms with Crippen LogP contribution in [0.1, 0.15) is 48.5 Å². The average Bonchev–Trinajstić information content (AvgIpc) is 3.16. The number of quaternary nitrogens is 1. The van der Waals surface area contributed by atoms with Gasteiger partial charge >= 0.3 is 0 Å². The number of amides is 1. The zero-order valence-electron chi connectivity index (χ0n) is 16.2. The largest absolute Gasteiger partial charge is 0.495 e. The van der Waals surface area contributed by atoms with Crippen LogP contribution in [0, 0.1) is 11.3 Å². The molecule has 2 atom stereocenters. The van der Waals surface area contributed by atoms with E-state index in [-0.39, 0.29) is 5.91 Å². The number of carbonyl (C=O) groups excluding carboxylic acids is 1. The summed E-state index contributed by atoms with van der Waals surface area (Å²) in [6.45, 7) is 5.24. The van der Waals surface area contributed by atoms with Crippen LogP contribution in [0.3, 0.4) is 0 Å². The highest BCUT2D eigenvalue weighted by atomic mass is 16.5. The van der Waals surface area contributed by atoms with E-state index in [9.17, 15) is 10.1 Å². The molecule has 1 heterocycles. The van der Waals surface area contributed by atoms with E-state index in [1.54, 1.807) is 18.1 Å². The summed E-state index contributed by atoms with van der Waals surface area (Å²) in [7, 11) is 1.57. The molecule has 0 spiro atoms. The summed E-state index contributed by atoms with van der Waals surface area (Å²) in [5.41, 5.74) is 0.925. The number of nitrogens with one attached hydrogen (secondary N) is 2. The van der Waals surface area contributed by atoms with Crippen molar-refractivity contribution < 1.29 is 14.4 Å².